The zero-order valence-corrected chi connectivity index (χ0v) is 19.2. The van der Waals surface area contributed by atoms with E-state index in [9.17, 15) is 9.59 Å². The molecule has 0 aliphatic carbocycles. The number of benzene rings is 2. The van der Waals surface area contributed by atoms with Gasteiger partial charge in [0.15, 0.2) is 0 Å². The van der Waals surface area contributed by atoms with Crippen LogP contribution in [0, 0.1) is 5.92 Å². The van der Waals surface area contributed by atoms with Gasteiger partial charge in [0.1, 0.15) is 11.4 Å². The summed E-state index contributed by atoms with van der Waals surface area (Å²) in [5.74, 6) is 0.645. The van der Waals surface area contributed by atoms with E-state index in [4.69, 9.17) is 9.47 Å². The Bertz CT molecular complexity index is 1100. The van der Waals surface area contributed by atoms with Gasteiger partial charge in [0.05, 0.1) is 25.9 Å². The molecule has 1 fully saturated rings. The highest BCUT2D eigenvalue weighted by atomic mass is 16.5. The number of hydrogen-bond donors (Lipinski definition) is 2. The van der Waals surface area contributed by atoms with E-state index in [-0.39, 0.29) is 24.8 Å². The molecule has 2 N–H and O–H groups in total. The predicted molar refractivity (Wildman–Crippen MR) is 129 cm³/mol. The van der Waals surface area contributed by atoms with Crippen LogP contribution in [0.4, 0.5) is 5.69 Å². The molecule has 174 valence electrons. The predicted octanol–water partition coefficient (Wildman–Crippen LogP) is 4.25. The molecule has 0 saturated carbocycles. The second-order valence-electron chi connectivity index (χ2n) is 8.46. The van der Waals surface area contributed by atoms with Crippen LogP contribution < -0.4 is 10.1 Å². The summed E-state index contributed by atoms with van der Waals surface area (Å²) in [5, 5.41) is 3.67. The fourth-order valence-electron chi connectivity index (χ4n) is 4.46. The number of likely N-dealkylation sites (tertiary alicyclic amines) is 1. The van der Waals surface area contributed by atoms with E-state index in [0.29, 0.717) is 22.7 Å². The molecule has 7 heteroatoms. The molecule has 1 aliphatic heterocycles. The lowest BCUT2D eigenvalue weighted by atomic mass is 9.90. The number of esters is 1. The van der Waals surface area contributed by atoms with Gasteiger partial charge < -0.3 is 19.8 Å². The Kier molecular flexibility index (Phi) is 7.29. The van der Waals surface area contributed by atoms with Crippen molar-refractivity contribution < 1.29 is 19.1 Å². The van der Waals surface area contributed by atoms with E-state index in [1.165, 1.54) is 5.56 Å². The Morgan fingerprint density at radius 1 is 1.12 bits per heavy atom. The van der Waals surface area contributed by atoms with Gasteiger partial charge in [-0.25, -0.2) is 4.79 Å². The molecular formula is C26H31N3O4. The molecule has 0 spiro atoms. The topological polar surface area (TPSA) is 83.7 Å². The van der Waals surface area contributed by atoms with Crippen LogP contribution in [0.3, 0.4) is 0 Å². The average molecular weight is 450 g/mol. The maximum Gasteiger partial charge on any atom is 0.356 e. The van der Waals surface area contributed by atoms with Crippen molar-refractivity contribution in [2.24, 2.45) is 5.92 Å². The Hall–Kier alpha value is -3.32. The number of aromatic nitrogens is 1. The molecular weight excluding hydrogens is 418 g/mol. The van der Waals surface area contributed by atoms with E-state index >= 15 is 0 Å². The van der Waals surface area contributed by atoms with Crippen LogP contribution in [-0.2, 0) is 16.0 Å². The minimum atomic E-state index is -0.496. The molecule has 3 aromatic rings. The highest BCUT2D eigenvalue weighted by Crippen LogP contribution is 2.31. The number of nitrogens with zero attached hydrogens (tertiary/aromatic N) is 1. The van der Waals surface area contributed by atoms with Gasteiger partial charge in [-0.1, -0.05) is 30.3 Å². The van der Waals surface area contributed by atoms with Crippen LogP contribution in [0.5, 0.6) is 5.75 Å². The number of fused-ring (bicyclic) bond motifs is 1. The molecule has 1 aliphatic rings. The molecule has 0 unspecified atom stereocenters. The van der Waals surface area contributed by atoms with Crippen molar-refractivity contribution in [2.45, 2.75) is 26.2 Å². The number of piperidine rings is 1. The van der Waals surface area contributed by atoms with Crippen molar-refractivity contribution in [1.29, 1.82) is 0 Å². The Balaban J connectivity index is 1.41. The molecule has 2 aromatic carbocycles. The van der Waals surface area contributed by atoms with Crippen molar-refractivity contribution in [2.75, 3.05) is 38.7 Å². The first-order chi connectivity index (χ1) is 16.1. The van der Waals surface area contributed by atoms with E-state index in [0.717, 1.165) is 37.9 Å². The number of anilines is 1. The lowest BCUT2D eigenvalue weighted by Crippen LogP contribution is -2.39. The number of nitrogens with one attached hydrogen (secondary N) is 2. The number of aromatic amines is 1. The molecule has 1 saturated heterocycles. The van der Waals surface area contributed by atoms with Gasteiger partial charge >= 0.3 is 5.97 Å². The molecule has 0 atom stereocenters. The fourth-order valence-corrected chi connectivity index (χ4v) is 4.46. The molecule has 0 radical (unpaired) electrons. The van der Waals surface area contributed by atoms with Gasteiger partial charge in [0.2, 0.25) is 5.91 Å². The maximum atomic E-state index is 12.9. The average Bonchev–Trinajstić information content (AvgIpc) is 3.18. The smallest absolute Gasteiger partial charge is 0.356 e. The lowest BCUT2D eigenvalue weighted by Gasteiger charge is -2.31. The summed E-state index contributed by atoms with van der Waals surface area (Å²) in [7, 11) is 1.58. The fraction of sp³-hybridized carbons (Fsp3) is 0.385. The zero-order valence-electron chi connectivity index (χ0n) is 19.2. The summed E-state index contributed by atoms with van der Waals surface area (Å²) in [6.45, 7) is 4.07. The summed E-state index contributed by atoms with van der Waals surface area (Å²) in [6, 6.07) is 16.0. The third-order valence-electron chi connectivity index (χ3n) is 6.19. The number of carbonyl (C=O) groups excluding carboxylic acids is 2. The largest absolute Gasteiger partial charge is 0.497 e. The number of carbonyl (C=O) groups is 2. The van der Waals surface area contributed by atoms with Crippen LogP contribution in [0.15, 0.2) is 48.5 Å². The van der Waals surface area contributed by atoms with Gasteiger partial charge in [0.25, 0.3) is 0 Å². The normalized spacial score (nSPS) is 14.8. The quantitative estimate of drug-likeness (QED) is 0.503. The third-order valence-corrected chi connectivity index (χ3v) is 6.19. The SMILES string of the molecule is CCOC(=O)c1[nH]c2ccc(OC)cc2c1NC(=O)CN1CCC(Cc2ccccc2)CC1. The molecule has 0 bridgehead atoms. The maximum absolute atomic E-state index is 12.9. The van der Waals surface area contributed by atoms with E-state index in [2.05, 4.69) is 39.5 Å². The van der Waals surface area contributed by atoms with Gasteiger partial charge in [-0.05, 0) is 69.0 Å². The number of ether oxygens (including phenoxy) is 2. The molecule has 1 aromatic heterocycles. The molecule has 33 heavy (non-hydrogen) atoms. The van der Waals surface area contributed by atoms with E-state index < -0.39 is 5.97 Å². The molecule has 4 rings (SSSR count). The van der Waals surface area contributed by atoms with Crippen LogP contribution in [0.2, 0.25) is 0 Å². The van der Waals surface area contributed by atoms with Crippen molar-refractivity contribution >= 4 is 28.5 Å². The third kappa shape index (κ3) is 5.54. The number of amides is 1. The minimum absolute atomic E-state index is 0.147. The highest BCUT2D eigenvalue weighted by molar-refractivity contribution is 6.11. The van der Waals surface area contributed by atoms with E-state index in [1.807, 2.05) is 12.1 Å². The number of methoxy groups -OCH3 is 1. The zero-order chi connectivity index (χ0) is 23.2. The first kappa shape index (κ1) is 22.9. The van der Waals surface area contributed by atoms with Gasteiger partial charge in [-0.2, -0.15) is 0 Å². The van der Waals surface area contributed by atoms with E-state index in [1.54, 1.807) is 26.2 Å². The highest BCUT2D eigenvalue weighted by Gasteiger charge is 2.24. The number of hydrogen-bond acceptors (Lipinski definition) is 5. The first-order valence-electron chi connectivity index (χ1n) is 11.5. The molecule has 7 nitrogen and oxygen atoms in total. The van der Waals surface area contributed by atoms with Crippen LogP contribution in [-0.4, -0.2) is 55.1 Å². The van der Waals surface area contributed by atoms with Gasteiger partial charge in [-0.3, -0.25) is 9.69 Å². The summed E-state index contributed by atoms with van der Waals surface area (Å²) in [4.78, 5) is 30.7. The summed E-state index contributed by atoms with van der Waals surface area (Å²) in [6.07, 6.45) is 3.22. The van der Waals surface area contributed by atoms with Gasteiger partial charge in [-0.15, -0.1) is 0 Å². The second-order valence-corrected chi connectivity index (χ2v) is 8.46. The van der Waals surface area contributed by atoms with Crippen molar-refractivity contribution in [3.05, 3.63) is 59.8 Å². The number of H-pyrrole nitrogens is 1. The van der Waals surface area contributed by atoms with Crippen molar-refractivity contribution in [1.82, 2.24) is 9.88 Å². The van der Waals surface area contributed by atoms with Crippen molar-refractivity contribution in [3.63, 3.8) is 0 Å². The number of rotatable bonds is 8. The monoisotopic (exact) mass is 449 g/mol. The van der Waals surface area contributed by atoms with Crippen LogP contribution in [0.25, 0.3) is 10.9 Å². The minimum Gasteiger partial charge on any atom is -0.497 e. The molecule has 1 amide bonds. The lowest BCUT2D eigenvalue weighted by molar-refractivity contribution is -0.117. The first-order valence-corrected chi connectivity index (χ1v) is 11.5. The Morgan fingerprint density at radius 2 is 1.88 bits per heavy atom. The Labute approximate surface area is 194 Å². The summed E-state index contributed by atoms with van der Waals surface area (Å²) in [5.41, 5.74) is 2.78. The summed E-state index contributed by atoms with van der Waals surface area (Å²) < 4.78 is 10.5. The summed E-state index contributed by atoms with van der Waals surface area (Å²) >= 11 is 0. The van der Waals surface area contributed by atoms with Crippen LogP contribution >= 0.6 is 0 Å². The molecule has 2 heterocycles. The second kappa shape index (κ2) is 10.5. The van der Waals surface area contributed by atoms with Crippen molar-refractivity contribution in [3.8, 4) is 5.75 Å². The standard InChI is InChI=1S/C26H31N3O4/c1-3-33-26(31)25-24(21-16-20(32-2)9-10-22(21)27-25)28-23(30)17-29-13-11-19(12-14-29)15-18-7-5-4-6-8-18/h4-10,16,19,27H,3,11-15,17H2,1-2H3,(H,28,30). The van der Waals surface area contributed by atoms with Crippen LogP contribution in [0.1, 0.15) is 35.8 Å². The Morgan fingerprint density at radius 3 is 2.58 bits per heavy atom. The van der Waals surface area contributed by atoms with Gasteiger partial charge in [0, 0.05) is 10.9 Å².